The molecular weight excluding hydrogens is 242 g/mol. The number of rotatable bonds is 4. The Morgan fingerprint density at radius 1 is 1.37 bits per heavy atom. The summed E-state index contributed by atoms with van der Waals surface area (Å²) in [4.78, 5) is 12.0. The lowest BCUT2D eigenvalue weighted by Crippen LogP contribution is -2.34. The zero-order valence-corrected chi connectivity index (χ0v) is 11.3. The average molecular weight is 263 g/mol. The van der Waals surface area contributed by atoms with Crippen molar-refractivity contribution in [2.75, 3.05) is 13.1 Å². The van der Waals surface area contributed by atoms with Crippen molar-refractivity contribution >= 4 is 5.97 Å². The van der Waals surface area contributed by atoms with Crippen molar-refractivity contribution in [3.8, 4) is 5.75 Å². The summed E-state index contributed by atoms with van der Waals surface area (Å²) in [7, 11) is 0. The minimum Gasteiger partial charge on any atom is -0.508 e. The van der Waals surface area contributed by atoms with Crippen molar-refractivity contribution in [2.45, 2.75) is 32.3 Å². The lowest BCUT2D eigenvalue weighted by Gasteiger charge is -2.23. The Kier molecular flexibility index (Phi) is 4.80. The molecule has 0 amide bonds. The quantitative estimate of drug-likeness (QED) is 0.814. The monoisotopic (exact) mass is 263 g/mol. The Hall–Kier alpha value is -1.55. The summed E-state index contributed by atoms with van der Waals surface area (Å²) in [5.74, 6) is 0.222. The first-order chi connectivity index (χ1) is 9.15. The highest BCUT2D eigenvalue weighted by Crippen LogP contribution is 2.16. The molecule has 1 saturated heterocycles. The van der Waals surface area contributed by atoms with Crippen molar-refractivity contribution in [3.63, 3.8) is 0 Å². The van der Waals surface area contributed by atoms with Crippen LogP contribution < -0.4 is 5.32 Å². The van der Waals surface area contributed by atoms with E-state index in [-0.39, 0.29) is 23.7 Å². The van der Waals surface area contributed by atoms with E-state index in [9.17, 15) is 9.90 Å². The van der Waals surface area contributed by atoms with Crippen LogP contribution in [-0.4, -0.2) is 30.3 Å². The van der Waals surface area contributed by atoms with Crippen LogP contribution >= 0.6 is 0 Å². The molecule has 1 fully saturated rings. The van der Waals surface area contributed by atoms with Crippen LogP contribution in [0.15, 0.2) is 24.3 Å². The van der Waals surface area contributed by atoms with Crippen LogP contribution in [0, 0.1) is 5.92 Å². The minimum absolute atomic E-state index is 0.0449. The molecule has 1 aromatic carbocycles. The predicted molar refractivity (Wildman–Crippen MR) is 73.0 cm³/mol. The first-order valence-corrected chi connectivity index (χ1v) is 6.84. The van der Waals surface area contributed by atoms with Gasteiger partial charge < -0.3 is 15.2 Å². The van der Waals surface area contributed by atoms with Gasteiger partial charge in [0.25, 0.3) is 0 Å². The van der Waals surface area contributed by atoms with Crippen LogP contribution in [0.4, 0.5) is 0 Å². The van der Waals surface area contributed by atoms with Gasteiger partial charge in [-0.25, -0.2) is 0 Å². The van der Waals surface area contributed by atoms with Crippen molar-refractivity contribution in [1.29, 1.82) is 0 Å². The molecule has 1 unspecified atom stereocenters. The summed E-state index contributed by atoms with van der Waals surface area (Å²) >= 11 is 0. The molecule has 104 valence electrons. The topological polar surface area (TPSA) is 58.6 Å². The number of carbonyl (C=O) groups excluding carboxylic acids is 1. The number of hydrogen-bond acceptors (Lipinski definition) is 4. The van der Waals surface area contributed by atoms with Gasteiger partial charge in [0, 0.05) is 6.42 Å². The van der Waals surface area contributed by atoms with Gasteiger partial charge in [0.1, 0.15) is 11.9 Å². The molecule has 4 heteroatoms. The fraction of sp³-hybridized carbons (Fsp3) is 0.533. The highest BCUT2D eigenvalue weighted by Gasteiger charge is 2.23. The van der Waals surface area contributed by atoms with Gasteiger partial charge in [0.05, 0.1) is 5.92 Å². The Labute approximate surface area is 113 Å². The third kappa shape index (κ3) is 4.24. The maximum Gasteiger partial charge on any atom is 0.309 e. The van der Waals surface area contributed by atoms with Crippen LogP contribution in [0.3, 0.4) is 0 Å². The number of esters is 1. The molecule has 0 bridgehead atoms. The van der Waals surface area contributed by atoms with Crippen molar-refractivity contribution in [3.05, 3.63) is 29.8 Å². The normalized spacial score (nSPS) is 17.9. The standard InChI is InChI=1S/C15H21NO3/c1-11(10-12-2-4-14(17)5-3-12)19-15(18)13-6-8-16-9-7-13/h2-5,11,13,16-17H,6-10H2,1H3. The molecule has 4 nitrogen and oxygen atoms in total. The molecule has 1 aliphatic rings. The molecule has 19 heavy (non-hydrogen) atoms. The summed E-state index contributed by atoms with van der Waals surface area (Å²) in [5, 5.41) is 12.5. The van der Waals surface area contributed by atoms with Gasteiger partial charge in [-0.2, -0.15) is 0 Å². The molecule has 1 atom stereocenters. The lowest BCUT2D eigenvalue weighted by molar-refractivity contribution is -0.154. The van der Waals surface area contributed by atoms with Gasteiger partial charge >= 0.3 is 5.97 Å². The van der Waals surface area contributed by atoms with Gasteiger partial charge in [0.2, 0.25) is 0 Å². The van der Waals surface area contributed by atoms with Gasteiger partial charge in [-0.05, 0) is 50.6 Å². The smallest absolute Gasteiger partial charge is 0.309 e. The van der Waals surface area contributed by atoms with Crippen LogP contribution in [-0.2, 0) is 16.0 Å². The highest BCUT2D eigenvalue weighted by atomic mass is 16.5. The summed E-state index contributed by atoms with van der Waals surface area (Å²) in [5.41, 5.74) is 1.06. The number of phenolic OH excluding ortho intramolecular Hbond substituents is 1. The molecule has 2 N–H and O–H groups in total. The number of carbonyl (C=O) groups is 1. The SMILES string of the molecule is CC(Cc1ccc(O)cc1)OC(=O)C1CCNCC1. The van der Waals surface area contributed by atoms with E-state index < -0.39 is 0 Å². The lowest BCUT2D eigenvalue weighted by atomic mass is 9.98. The molecule has 1 aromatic rings. The summed E-state index contributed by atoms with van der Waals surface area (Å²) < 4.78 is 5.49. The average Bonchev–Trinajstić information content (AvgIpc) is 2.42. The number of aromatic hydroxyl groups is 1. The third-order valence-corrected chi connectivity index (χ3v) is 3.45. The number of ether oxygens (including phenoxy) is 1. The van der Waals surface area contributed by atoms with E-state index in [1.807, 2.05) is 19.1 Å². The molecular formula is C15H21NO3. The third-order valence-electron chi connectivity index (χ3n) is 3.45. The van der Waals surface area contributed by atoms with Crippen molar-refractivity contribution in [2.24, 2.45) is 5.92 Å². The fourth-order valence-corrected chi connectivity index (χ4v) is 2.36. The molecule has 1 aliphatic heterocycles. The molecule has 0 radical (unpaired) electrons. The Morgan fingerprint density at radius 3 is 2.63 bits per heavy atom. The number of phenols is 1. The van der Waals surface area contributed by atoms with Crippen molar-refractivity contribution < 1.29 is 14.6 Å². The maximum absolute atomic E-state index is 12.0. The van der Waals surface area contributed by atoms with E-state index in [1.165, 1.54) is 0 Å². The number of piperidine rings is 1. The van der Waals surface area contributed by atoms with E-state index in [4.69, 9.17) is 4.74 Å². The first kappa shape index (κ1) is 13.9. The molecule has 0 aliphatic carbocycles. The summed E-state index contributed by atoms with van der Waals surface area (Å²) in [6, 6.07) is 7.00. The molecule has 2 rings (SSSR count). The minimum atomic E-state index is -0.132. The number of benzene rings is 1. The summed E-state index contributed by atoms with van der Waals surface area (Å²) in [6.07, 6.45) is 2.28. The van der Waals surface area contributed by atoms with E-state index in [2.05, 4.69) is 5.32 Å². The zero-order valence-electron chi connectivity index (χ0n) is 11.3. The van der Waals surface area contributed by atoms with Crippen LogP contribution in [0.5, 0.6) is 5.75 Å². The Bertz CT molecular complexity index is 410. The molecule has 1 heterocycles. The molecule has 0 spiro atoms. The first-order valence-electron chi connectivity index (χ1n) is 6.84. The van der Waals surface area contributed by atoms with Gasteiger partial charge in [0.15, 0.2) is 0 Å². The number of hydrogen-bond donors (Lipinski definition) is 2. The van der Waals surface area contributed by atoms with E-state index >= 15 is 0 Å². The van der Waals surface area contributed by atoms with E-state index in [1.54, 1.807) is 12.1 Å². The van der Waals surface area contributed by atoms with Gasteiger partial charge in [-0.1, -0.05) is 12.1 Å². The van der Waals surface area contributed by atoms with Crippen molar-refractivity contribution in [1.82, 2.24) is 5.32 Å². The predicted octanol–water partition coefficient (Wildman–Crippen LogP) is 1.87. The van der Waals surface area contributed by atoms with Crippen LogP contribution in [0.1, 0.15) is 25.3 Å². The molecule has 0 saturated carbocycles. The second kappa shape index (κ2) is 6.57. The van der Waals surface area contributed by atoms with E-state index in [0.29, 0.717) is 6.42 Å². The summed E-state index contributed by atoms with van der Waals surface area (Å²) in [6.45, 7) is 3.70. The van der Waals surface area contributed by atoms with Crippen LogP contribution in [0.2, 0.25) is 0 Å². The largest absolute Gasteiger partial charge is 0.508 e. The maximum atomic E-state index is 12.0. The van der Waals surface area contributed by atoms with E-state index in [0.717, 1.165) is 31.5 Å². The second-order valence-corrected chi connectivity index (χ2v) is 5.14. The second-order valence-electron chi connectivity index (χ2n) is 5.14. The Morgan fingerprint density at radius 2 is 2.00 bits per heavy atom. The number of nitrogens with one attached hydrogen (secondary N) is 1. The molecule has 0 aromatic heterocycles. The van der Waals surface area contributed by atoms with Crippen LogP contribution in [0.25, 0.3) is 0 Å². The fourth-order valence-electron chi connectivity index (χ4n) is 2.36. The van der Waals surface area contributed by atoms with Gasteiger partial charge in [-0.15, -0.1) is 0 Å². The zero-order chi connectivity index (χ0) is 13.7. The Balaban J connectivity index is 1.81. The van der Waals surface area contributed by atoms with Gasteiger partial charge in [-0.3, -0.25) is 4.79 Å². The highest BCUT2D eigenvalue weighted by molar-refractivity contribution is 5.72.